The average molecular weight is 376 g/mol. The van der Waals surface area contributed by atoms with Gasteiger partial charge in [-0.3, -0.25) is 9.59 Å². The molecular weight excluding hydrogens is 356 g/mol. The van der Waals surface area contributed by atoms with E-state index in [1.165, 1.54) is 6.92 Å². The van der Waals surface area contributed by atoms with Crippen molar-refractivity contribution in [1.29, 1.82) is 0 Å². The molecule has 1 aliphatic carbocycles. The molecule has 1 heterocycles. The molecule has 0 saturated heterocycles. The highest BCUT2D eigenvalue weighted by atomic mass is 16.2. The lowest BCUT2D eigenvalue weighted by molar-refractivity contribution is -0.114. The summed E-state index contributed by atoms with van der Waals surface area (Å²) in [6.07, 6.45) is 2.20. The highest BCUT2D eigenvalue weighted by Crippen LogP contribution is 2.36. The number of hydrogen-bond donors (Lipinski definition) is 2. The number of nitrogens with zero attached hydrogens (tertiary/aromatic N) is 4. The quantitative estimate of drug-likeness (QED) is 0.615. The number of tetrazole rings is 1. The van der Waals surface area contributed by atoms with Gasteiger partial charge in [0.15, 0.2) is 11.6 Å². The van der Waals surface area contributed by atoms with Crippen LogP contribution in [0.4, 0.5) is 11.4 Å². The zero-order valence-corrected chi connectivity index (χ0v) is 15.4. The van der Waals surface area contributed by atoms with Crippen LogP contribution in [0.25, 0.3) is 11.4 Å². The molecule has 142 valence electrons. The maximum absolute atomic E-state index is 12.2. The first-order chi connectivity index (χ1) is 13.6. The summed E-state index contributed by atoms with van der Waals surface area (Å²) in [6.45, 7) is 1.59. The second kappa shape index (κ2) is 7.59. The summed E-state index contributed by atoms with van der Waals surface area (Å²) in [4.78, 5) is 23.7. The smallest absolute Gasteiger partial charge is 0.243 e. The van der Waals surface area contributed by atoms with Gasteiger partial charge < -0.3 is 10.6 Å². The number of hydrogen-bond acceptors (Lipinski definition) is 6. The number of anilines is 2. The Bertz CT molecular complexity index is 1020. The molecule has 0 unspecified atom stereocenters. The Balaban J connectivity index is 1.40. The summed E-state index contributed by atoms with van der Waals surface area (Å²) in [5.74, 6) is 0.491. The van der Waals surface area contributed by atoms with Gasteiger partial charge in [0, 0.05) is 22.5 Å². The van der Waals surface area contributed by atoms with Crippen molar-refractivity contribution >= 4 is 23.1 Å². The molecule has 1 amide bonds. The monoisotopic (exact) mass is 376 g/mol. The Morgan fingerprint density at radius 3 is 2.68 bits per heavy atom. The van der Waals surface area contributed by atoms with Crippen LogP contribution in [0.2, 0.25) is 0 Å². The number of carbonyl (C=O) groups is 2. The number of nitrogens with one attached hydrogen (secondary N) is 2. The van der Waals surface area contributed by atoms with Gasteiger partial charge >= 0.3 is 0 Å². The van der Waals surface area contributed by atoms with Crippen LogP contribution in [0, 0.1) is 0 Å². The Morgan fingerprint density at radius 1 is 1.11 bits per heavy atom. The van der Waals surface area contributed by atoms with Gasteiger partial charge in [-0.05, 0) is 54.5 Å². The van der Waals surface area contributed by atoms with Gasteiger partial charge in [-0.2, -0.15) is 0 Å². The average Bonchev–Trinajstić information content (AvgIpc) is 3.43. The maximum atomic E-state index is 12.2. The summed E-state index contributed by atoms with van der Waals surface area (Å²) in [7, 11) is 0. The van der Waals surface area contributed by atoms with E-state index in [-0.39, 0.29) is 18.2 Å². The van der Waals surface area contributed by atoms with Crippen molar-refractivity contribution in [3.8, 4) is 11.4 Å². The first-order valence-electron chi connectivity index (χ1n) is 9.13. The number of rotatable bonds is 7. The number of carbonyl (C=O) groups excluding carboxylic acids is 2. The first-order valence-corrected chi connectivity index (χ1v) is 9.13. The fourth-order valence-corrected chi connectivity index (χ4v) is 2.92. The fourth-order valence-electron chi connectivity index (χ4n) is 2.92. The molecular formula is C20H20N6O2. The molecule has 0 atom stereocenters. The zero-order chi connectivity index (χ0) is 19.5. The fraction of sp³-hybridized carbons (Fsp3) is 0.250. The van der Waals surface area contributed by atoms with E-state index < -0.39 is 0 Å². The van der Waals surface area contributed by atoms with Crippen LogP contribution in [-0.4, -0.2) is 38.4 Å². The molecule has 1 aromatic heterocycles. The number of ketones is 1. The van der Waals surface area contributed by atoms with Crippen LogP contribution in [0.5, 0.6) is 0 Å². The summed E-state index contributed by atoms with van der Waals surface area (Å²) < 4.78 is 1.85. The lowest BCUT2D eigenvalue weighted by Crippen LogP contribution is -2.21. The predicted molar refractivity (Wildman–Crippen MR) is 105 cm³/mol. The SMILES string of the molecule is CC(=O)c1cccc(NC(=O)CNc2cccc(-c3nnnn3C3CC3)c2)c1. The topological polar surface area (TPSA) is 102 Å². The number of Topliss-reactive ketones (excluding diaryl/α,β-unsaturated/α-hetero) is 1. The third-order valence-corrected chi connectivity index (χ3v) is 4.51. The van der Waals surface area contributed by atoms with E-state index in [1.807, 2.05) is 28.9 Å². The molecule has 1 saturated carbocycles. The van der Waals surface area contributed by atoms with Crippen molar-refractivity contribution in [1.82, 2.24) is 20.2 Å². The van der Waals surface area contributed by atoms with E-state index in [0.29, 0.717) is 17.3 Å². The number of aromatic nitrogens is 4. The lowest BCUT2D eigenvalue weighted by atomic mass is 10.1. The molecule has 0 radical (unpaired) electrons. The molecule has 2 N–H and O–H groups in total. The van der Waals surface area contributed by atoms with Gasteiger partial charge in [0.05, 0.1) is 12.6 Å². The Hall–Kier alpha value is -3.55. The third kappa shape index (κ3) is 4.06. The van der Waals surface area contributed by atoms with Crippen molar-refractivity contribution < 1.29 is 9.59 Å². The van der Waals surface area contributed by atoms with Crippen molar-refractivity contribution in [3.05, 3.63) is 54.1 Å². The standard InChI is InChI=1S/C20H20N6O2/c1-13(27)14-4-2-7-17(10-14)22-19(28)12-21-16-6-3-5-15(11-16)20-23-24-25-26(20)18-8-9-18/h2-7,10-11,18,21H,8-9,12H2,1H3,(H,22,28). The van der Waals surface area contributed by atoms with Crippen LogP contribution in [0.15, 0.2) is 48.5 Å². The highest BCUT2D eigenvalue weighted by molar-refractivity contribution is 5.98. The van der Waals surface area contributed by atoms with Crippen LogP contribution >= 0.6 is 0 Å². The van der Waals surface area contributed by atoms with Gasteiger partial charge in [0.1, 0.15) is 0 Å². The molecule has 8 nitrogen and oxygen atoms in total. The predicted octanol–water partition coefficient (Wildman–Crippen LogP) is 2.93. The minimum atomic E-state index is -0.200. The van der Waals surface area contributed by atoms with Crippen molar-refractivity contribution in [2.24, 2.45) is 0 Å². The molecule has 28 heavy (non-hydrogen) atoms. The van der Waals surface area contributed by atoms with Crippen LogP contribution in [-0.2, 0) is 4.79 Å². The number of benzene rings is 2. The molecule has 3 aromatic rings. The maximum Gasteiger partial charge on any atom is 0.243 e. The summed E-state index contributed by atoms with van der Waals surface area (Å²) in [6, 6.07) is 14.9. The molecule has 4 rings (SSSR count). The van der Waals surface area contributed by atoms with E-state index in [2.05, 4.69) is 26.2 Å². The molecule has 1 aliphatic rings. The Labute approximate surface area is 162 Å². The minimum absolute atomic E-state index is 0.0421. The largest absolute Gasteiger partial charge is 0.376 e. The van der Waals surface area contributed by atoms with Gasteiger partial charge in [0.2, 0.25) is 5.91 Å². The molecule has 0 spiro atoms. The van der Waals surface area contributed by atoms with E-state index >= 15 is 0 Å². The van der Waals surface area contributed by atoms with Gasteiger partial charge in [-0.1, -0.05) is 24.3 Å². The van der Waals surface area contributed by atoms with Gasteiger partial charge in [-0.15, -0.1) is 5.10 Å². The van der Waals surface area contributed by atoms with E-state index in [9.17, 15) is 9.59 Å². The van der Waals surface area contributed by atoms with Crippen LogP contribution < -0.4 is 10.6 Å². The van der Waals surface area contributed by atoms with Gasteiger partial charge in [0.25, 0.3) is 0 Å². The summed E-state index contributed by atoms with van der Waals surface area (Å²) in [5, 5.41) is 17.9. The van der Waals surface area contributed by atoms with E-state index in [1.54, 1.807) is 24.3 Å². The minimum Gasteiger partial charge on any atom is -0.376 e. The molecule has 1 fully saturated rings. The van der Waals surface area contributed by atoms with Crippen LogP contribution in [0.3, 0.4) is 0 Å². The third-order valence-electron chi connectivity index (χ3n) is 4.51. The second-order valence-electron chi connectivity index (χ2n) is 6.80. The Morgan fingerprint density at radius 2 is 1.89 bits per heavy atom. The summed E-state index contributed by atoms with van der Waals surface area (Å²) in [5.41, 5.74) is 2.86. The van der Waals surface area contributed by atoms with Crippen molar-refractivity contribution in [3.63, 3.8) is 0 Å². The van der Waals surface area contributed by atoms with Crippen LogP contribution in [0.1, 0.15) is 36.2 Å². The van der Waals surface area contributed by atoms with E-state index in [4.69, 9.17) is 0 Å². The zero-order valence-electron chi connectivity index (χ0n) is 15.4. The lowest BCUT2D eigenvalue weighted by Gasteiger charge is -2.10. The number of amides is 1. The molecule has 2 aromatic carbocycles. The molecule has 8 heteroatoms. The second-order valence-corrected chi connectivity index (χ2v) is 6.80. The summed E-state index contributed by atoms with van der Waals surface area (Å²) >= 11 is 0. The van der Waals surface area contributed by atoms with Crippen molar-refractivity contribution in [2.45, 2.75) is 25.8 Å². The van der Waals surface area contributed by atoms with Crippen molar-refractivity contribution in [2.75, 3.05) is 17.2 Å². The normalized spacial score (nSPS) is 13.2. The highest BCUT2D eigenvalue weighted by Gasteiger charge is 2.28. The molecule has 0 bridgehead atoms. The van der Waals surface area contributed by atoms with E-state index in [0.717, 1.165) is 29.9 Å². The first kappa shape index (κ1) is 17.8. The van der Waals surface area contributed by atoms with Gasteiger partial charge in [-0.25, -0.2) is 4.68 Å². The Kier molecular flexibility index (Phi) is 4.84. The molecule has 0 aliphatic heterocycles.